The molecule has 2 atom stereocenters. The molecule has 0 aliphatic carbocycles. The van der Waals surface area contributed by atoms with Crippen molar-refractivity contribution in [1.29, 1.82) is 0 Å². The molecule has 43 heavy (non-hydrogen) atoms. The third-order valence-corrected chi connectivity index (χ3v) is 8.06. The molecule has 2 aromatic carbocycles. The van der Waals surface area contributed by atoms with Crippen molar-refractivity contribution in [3.63, 3.8) is 0 Å². The van der Waals surface area contributed by atoms with E-state index in [1.54, 1.807) is 55.4 Å². The van der Waals surface area contributed by atoms with E-state index >= 15 is 0 Å². The first-order valence-electron chi connectivity index (χ1n) is 14.0. The highest BCUT2D eigenvalue weighted by molar-refractivity contribution is 6.30. The van der Waals surface area contributed by atoms with Gasteiger partial charge in [-0.15, -0.1) is 0 Å². The maximum absolute atomic E-state index is 14.9. The molecule has 222 valence electrons. The van der Waals surface area contributed by atoms with Crippen molar-refractivity contribution in [3.8, 4) is 11.1 Å². The lowest BCUT2D eigenvalue weighted by atomic mass is 10.0. The number of rotatable bonds is 8. The van der Waals surface area contributed by atoms with Crippen LogP contribution in [0.25, 0.3) is 27.6 Å². The monoisotopic (exact) mass is 602 g/mol. The fraction of sp³-hybridized carbons (Fsp3) is 0.312. The lowest BCUT2D eigenvalue weighted by molar-refractivity contribution is -0.140. The van der Waals surface area contributed by atoms with Gasteiger partial charge in [-0.25, -0.2) is 14.4 Å². The van der Waals surface area contributed by atoms with Gasteiger partial charge in [0, 0.05) is 41.3 Å². The van der Waals surface area contributed by atoms with Crippen LogP contribution in [0.3, 0.4) is 0 Å². The van der Waals surface area contributed by atoms with Gasteiger partial charge in [0.1, 0.15) is 29.9 Å². The summed E-state index contributed by atoms with van der Waals surface area (Å²) in [5, 5.41) is 8.24. The summed E-state index contributed by atoms with van der Waals surface area (Å²) >= 11 is 6.03. The number of hydrogen-bond donors (Lipinski definition) is 1. The minimum atomic E-state index is -0.746. The van der Waals surface area contributed by atoms with E-state index in [1.807, 2.05) is 25.1 Å². The number of carbonyl (C=O) groups is 3. The quantitative estimate of drug-likeness (QED) is 0.265. The fourth-order valence-electron chi connectivity index (χ4n) is 5.45. The number of fused-ring (bicyclic) bond motifs is 1. The number of amides is 2. The summed E-state index contributed by atoms with van der Waals surface area (Å²) < 4.78 is 16.4. The zero-order valence-electron chi connectivity index (χ0n) is 24.4. The fourth-order valence-corrected chi connectivity index (χ4v) is 5.64. The van der Waals surface area contributed by atoms with Crippen LogP contribution in [0.5, 0.6) is 0 Å². The molecule has 11 heteroatoms. The van der Waals surface area contributed by atoms with Gasteiger partial charge in [-0.1, -0.05) is 29.8 Å². The molecule has 2 amide bonds. The number of ketones is 1. The molecule has 1 aliphatic heterocycles. The topological polar surface area (TPSA) is 110 Å². The molecule has 1 fully saturated rings. The first-order valence-corrected chi connectivity index (χ1v) is 14.4. The Morgan fingerprint density at radius 2 is 1.79 bits per heavy atom. The van der Waals surface area contributed by atoms with E-state index < -0.39 is 17.8 Å². The Morgan fingerprint density at radius 3 is 2.49 bits per heavy atom. The first kappa shape index (κ1) is 30.0. The van der Waals surface area contributed by atoms with Gasteiger partial charge in [0.25, 0.3) is 0 Å². The average molecular weight is 603 g/mol. The van der Waals surface area contributed by atoms with E-state index in [1.165, 1.54) is 11.6 Å². The maximum atomic E-state index is 14.9. The van der Waals surface area contributed by atoms with Gasteiger partial charge < -0.3 is 10.2 Å². The molecule has 0 unspecified atom stereocenters. The zero-order valence-corrected chi connectivity index (χ0v) is 25.2. The molecule has 1 saturated heterocycles. The normalized spacial score (nSPS) is 17.2. The van der Waals surface area contributed by atoms with Crippen molar-refractivity contribution in [1.82, 2.24) is 30.0 Å². The van der Waals surface area contributed by atoms with Gasteiger partial charge in [0.15, 0.2) is 5.78 Å². The molecule has 3 heterocycles. The van der Waals surface area contributed by atoms with E-state index in [9.17, 15) is 18.8 Å². The minimum Gasteiger partial charge on any atom is -0.348 e. The zero-order chi connectivity index (χ0) is 30.8. The molecule has 4 aromatic rings. The van der Waals surface area contributed by atoms with Crippen molar-refractivity contribution in [2.75, 3.05) is 6.54 Å². The van der Waals surface area contributed by atoms with E-state index in [-0.39, 0.29) is 36.5 Å². The standard InChI is InChI=1S/C32H32ClFN6O3/c1-18-8-10-29(32(43)37-16-27(34)19(2)22-6-5-7-25(33)12-22)40(18)30(42)17-39-28-11-9-23(24-14-35-21(4)36-15-24)13-26(28)31(38-39)20(3)41/h5-7,9,11-15,18,29H,8,10,16-17H2,1-4H3,(H,37,43)/b27-19-/t18-,29+/m1/s1. The number of likely N-dealkylation sites (tertiary alicyclic amines) is 1. The van der Waals surface area contributed by atoms with Crippen molar-refractivity contribution < 1.29 is 18.8 Å². The molecule has 0 radical (unpaired) electrons. The van der Waals surface area contributed by atoms with Gasteiger partial charge >= 0.3 is 0 Å². The number of hydrogen-bond acceptors (Lipinski definition) is 6. The molecule has 0 saturated carbocycles. The highest BCUT2D eigenvalue weighted by Gasteiger charge is 2.39. The summed E-state index contributed by atoms with van der Waals surface area (Å²) in [6.07, 6.45) is 4.51. The second kappa shape index (κ2) is 12.4. The highest BCUT2D eigenvalue weighted by atomic mass is 35.5. The Morgan fingerprint density at radius 1 is 1.05 bits per heavy atom. The summed E-state index contributed by atoms with van der Waals surface area (Å²) in [5.74, 6) is -0.810. The van der Waals surface area contributed by atoms with E-state index in [2.05, 4.69) is 20.4 Å². The second-order valence-corrected chi connectivity index (χ2v) is 11.3. The molecule has 1 N–H and O–H groups in total. The van der Waals surface area contributed by atoms with Crippen LogP contribution in [-0.4, -0.2) is 60.9 Å². The van der Waals surface area contributed by atoms with Gasteiger partial charge in [-0.2, -0.15) is 5.10 Å². The molecule has 1 aliphatic rings. The Bertz CT molecular complexity index is 1750. The third kappa shape index (κ3) is 6.34. The summed E-state index contributed by atoms with van der Waals surface area (Å²) in [5.41, 5.74) is 3.48. The van der Waals surface area contributed by atoms with Gasteiger partial charge in [-0.3, -0.25) is 19.1 Å². The SMILES string of the molecule is CC(=O)c1nn(CC(=O)N2[C@H](C)CC[C@H]2C(=O)NC/C(F)=C(\C)c2cccc(Cl)c2)c2ccc(-c3cnc(C)nc3)cc12. The van der Waals surface area contributed by atoms with Gasteiger partial charge in [0.2, 0.25) is 11.8 Å². The Balaban J connectivity index is 1.34. The third-order valence-electron chi connectivity index (χ3n) is 7.82. The van der Waals surface area contributed by atoms with E-state index in [0.29, 0.717) is 45.7 Å². The molecular weight excluding hydrogens is 571 g/mol. The number of allylic oxidation sites excluding steroid dienone is 1. The predicted octanol–water partition coefficient (Wildman–Crippen LogP) is 5.55. The number of benzene rings is 2. The van der Waals surface area contributed by atoms with Crippen LogP contribution in [0, 0.1) is 6.92 Å². The summed E-state index contributed by atoms with van der Waals surface area (Å²) in [7, 11) is 0. The number of carbonyl (C=O) groups excluding carboxylic acids is 3. The average Bonchev–Trinajstić information content (AvgIpc) is 3.56. The Kier molecular flexibility index (Phi) is 8.68. The second-order valence-electron chi connectivity index (χ2n) is 10.8. The van der Waals surface area contributed by atoms with Crippen molar-refractivity contribution in [2.45, 2.75) is 59.2 Å². The van der Waals surface area contributed by atoms with E-state index in [0.717, 1.165) is 11.1 Å². The van der Waals surface area contributed by atoms with Crippen LogP contribution < -0.4 is 5.32 Å². The van der Waals surface area contributed by atoms with Crippen LogP contribution in [0.15, 0.2) is 60.7 Å². The molecule has 2 aromatic heterocycles. The molecule has 0 spiro atoms. The summed E-state index contributed by atoms with van der Waals surface area (Å²) in [6, 6.07) is 11.4. The lowest BCUT2D eigenvalue weighted by Crippen LogP contribution is -2.49. The number of Topliss-reactive ketones (excluding diaryl/α,β-unsaturated/α-hetero) is 1. The van der Waals surface area contributed by atoms with Crippen LogP contribution in [0.2, 0.25) is 5.02 Å². The number of nitrogens with zero attached hydrogens (tertiary/aromatic N) is 5. The summed E-state index contributed by atoms with van der Waals surface area (Å²) in [4.78, 5) is 49.3. The van der Waals surface area contributed by atoms with E-state index in [4.69, 9.17) is 11.6 Å². The number of halogens is 2. The lowest BCUT2D eigenvalue weighted by Gasteiger charge is -2.28. The summed E-state index contributed by atoms with van der Waals surface area (Å²) in [6.45, 7) is 6.28. The van der Waals surface area contributed by atoms with Gasteiger partial charge in [0.05, 0.1) is 12.1 Å². The smallest absolute Gasteiger partial charge is 0.245 e. The number of aryl methyl sites for hydroxylation is 1. The molecule has 5 rings (SSSR count). The van der Waals surface area contributed by atoms with Crippen LogP contribution in [0.1, 0.15) is 55.5 Å². The predicted molar refractivity (Wildman–Crippen MR) is 163 cm³/mol. The Hall–Kier alpha value is -4.44. The minimum absolute atomic E-state index is 0.160. The van der Waals surface area contributed by atoms with Crippen LogP contribution in [-0.2, 0) is 16.1 Å². The molecule has 0 bridgehead atoms. The van der Waals surface area contributed by atoms with Crippen molar-refractivity contribution >= 4 is 45.7 Å². The Labute approximate surface area is 253 Å². The number of aromatic nitrogens is 4. The van der Waals surface area contributed by atoms with Crippen molar-refractivity contribution in [2.24, 2.45) is 0 Å². The first-order chi connectivity index (χ1) is 20.5. The van der Waals surface area contributed by atoms with Crippen molar-refractivity contribution in [3.05, 3.63) is 82.8 Å². The van der Waals surface area contributed by atoms with Gasteiger partial charge in [-0.05, 0) is 74.6 Å². The van der Waals surface area contributed by atoms with Crippen LogP contribution in [0.4, 0.5) is 4.39 Å². The highest BCUT2D eigenvalue weighted by Crippen LogP contribution is 2.29. The number of nitrogens with one attached hydrogen (secondary N) is 1. The maximum Gasteiger partial charge on any atom is 0.245 e. The largest absolute Gasteiger partial charge is 0.348 e. The van der Waals surface area contributed by atoms with Crippen LogP contribution >= 0.6 is 11.6 Å². The molecular formula is C32H32ClFN6O3. The molecule has 9 nitrogen and oxygen atoms in total.